The summed E-state index contributed by atoms with van der Waals surface area (Å²) in [5.74, 6) is 0.359. The van der Waals surface area contributed by atoms with Crippen molar-refractivity contribution in [1.29, 1.82) is 0 Å². The summed E-state index contributed by atoms with van der Waals surface area (Å²) in [7, 11) is -0.334. The van der Waals surface area contributed by atoms with Gasteiger partial charge in [0.1, 0.15) is 17.4 Å². The SMILES string of the molecule is COc1ccc(-c2cnc3c(c2)C(=O)N([C@@H](C)CO)C[C@@H](C)[C@@H](CN(C)S(C)(=O)=O)O3)cc1. The fraction of sp³-hybridized carbons (Fsp3) is 0.478. The van der Waals surface area contributed by atoms with E-state index in [1.54, 1.807) is 31.2 Å². The maximum absolute atomic E-state index is 13.5. The Kier molecular flexibility index (Phi) is 7.61. The first kappa shape index (κ1) is 24.9. The molecule has 33 heavy (non-hydrogen) atoms. The van der Waals surface area contributed by atoms with Gasteiger partial charge in [0.2, 0.25) is 15.9 Å². The van der Waals surface area contributed by atoms with E-state index >= 15 is 0 Å². The Morgan fingerprint density at radius 1 is 1.30 bits per heavy atom. The molecule has 1 aromatic carbocycles. The average molecular weight is 478 g/mol. The van der Waals surface area contributed by atoms with Gasteiger partial charge in [0.25, 0.3) is 5.91 Å². The molecule has 3 rings (SSSR count). The van der Waals surface area contributed by atoms with Crippen LogP contribution in [0, 0.1) is 5.92 Å². The number of rotatable bonds is 7. The molecule has 0 saturated carbocycles. The van der Waals surface area contributed by atoms with Gasteiger partial charge in [-0.1, -0.05) is 19.1 Å². The van der Waals surface area contributed by atoms with Crippen LogP contribution in [-0.4, -0.2) is 85.9 Å². The van der Waals surface area contributed by atoms with Crippen LogP contribution in [0.15, 0.2) is 36.5 Å². The maximum atomic E-state index is 13.5. The highest BCUT2D eigenvalue weighted by atomic mass is 32.2. The van der Waals surface area contributed by atoms with Gasteiger partial charge in [-0.25, -0.2) is 17.7 Å². The number of hydrogen-bond donors (Lipinski definition) is 1. The molecule has 1 aliphatic rings. The molecular formula is C23H31N3O6S. The third-order valence-electron chi connectivity index (χ3n) is 5.95. The number of amides is 1. The van der Waals surface area contributed by atoms with E-state index in [1.807, 2.05) is 31.2 Å². The molecule has 0 spiro atoms. The Morgan fingerprint density at radius 3 is 2.55 bits per heavy atom. The summed E-state index contributed by atoms with van der Waals surface area (Å²) < 4.78 is 36.5. The van der Waals surface area contributed by atoms with E-state index < -0.39 is 22.2 Å². The number of hydrogen-bond acceptors (Lipinski definition) is 7. The standard InChI is InChI=1S/C23H31N3O6S/c1-15-12-26(16(2)14-27)23(28)20-10-18(17-6-8-19(31-4)9-7-17)11-24-22(20)32-21(15)13-25(3)33(5,29)30/h6-11,15-16,21,27H,12-14H2,1-5H3/t15-,16+,21-/m1/s1. The second-order valence-electron chi connectivity index (χ2n) is 8.47. The van der Waals surface area contributed by atoms with Gasteiger partial charge in [-0.2, -0.15) is 0 Å². The molecule has 180 valence electrons. The van der Waals surface area contributed by atoms with Gasteiger partial charge in [0.15, 0.2) is 0 Å². The van der Waals surface area contributed by atoms with Crippen LogP contribution in [0.25, 0.3) is 11.1 Å². The highest BCUT2D eigenvalue weighted by molar-refractivity contribution is 7.88. The van der Waals surface area contributed by atoms with Gasteiger partial charge in [-0.3, -0.25) is 4.79 Å². The topological polar surface area (TPSA) is 109 Å². The number of carbonyl (C=O) groups is 1. The van der Waals surface area contributed by atoms with Gasteiger partial charge in [-0.15, -0.1) is 0 Å². The molecule has 3 atom stereocenters. The van der Waals surface area contributed by atoms with E-state index in [0.717, 1.165) is 17.4 Å². The summed E-state index contributed by atoms with van der Waals surface area (Å²) >= 11 is 0. The lowest BCUT2D eigenvalue weighted by Crippen LogP contribution is -2.50. The fourth-order valence-corrected chi connectivity index (χ4v) is 4.07. The minimum atomic E-state index is -3.42. The molecule has 1 amide bonds. The van der Waals surface area contributed by atoms with Crippen molar-refractivity contribution in [3.05, 3.63) is 42.1 Å². The first-order valence-electron chi connectivity index (χ1n) is 10.7. The van der Waals surface area contributed by atoms with Crippen molar-refractivity contribution in [3.63, 3.8) is 0 Å². The number of methoxy groups -OCH3 is 1. The van der Waals surface area contributed by atoms with Crippen LogP contribution >= 0.6 is 0 Å². The van der Waals surface area contributed by atoms with Crippen molar-refractivity contribution >= 4 is 15.9 Å². The lowest BCUT2D eigenvalue weighted by molar-refractivity contribution is 0.0374. The number of benzene rings is 1. The Labute approximate surface area is 195 Å². The summed E-state index contributed by atoms with van der Waals surface area (Å²) in [4.78, 5) is 19.5. The molecule has 9 nitrogen and oxygen atoms in total. The molecule has 0 saturated heterocycles. The zero-order valence-corrected chi connectivity index (χ0v) is 20.4. The Bertz CT molecular complexity index is 1090. The number of nitrogens with zero attached hydrogens (tertiary/aromatic N) is 3. The molecule has 10 heteroatoms. The van der Waals surface area contributed by atoms with Crippen molar-refractivity contribution in [2.75, 3.05) is 40.1 Å². The lowest BCUT2D eigenvalue weighted by Gasteiger charge is -2.37. The van der Waals surface area contributed by atoms with Gasteiger partial charge >= 0.3 is 0 Å². The number of carbonyl (C=O) groups excluding carboxylic acids is 1. The third kappa shape index (κ3) is 5.63. The first-order valence-corrected chi connectivity index (χ1v) is 12.5. The van der Waals surface area contributed by atoms with Crippen LogP contribution in [0.5, 0.6) is 11.6 Å². The second-order valence-corrected chi connectivity index (χ2v) is 10.6. The number of likely N-dealkylation sites (N-methyl/N-ethyl adjacent to an activating group) is 1. The molecule has 0 fully saturated rings. The van der Waals surface area contributed by atoms with Crippen LogP contribution in [0.4, 0.5) is 0 Å². The lowest BCUT2D eigenvalue weighted by atomic mass is 9.99. The number of pyridine rings is 1. The van der Waals surface area contributed by atoms with E-state index in [1.165, 1.54) is 11.4 Å². The van der Waals surface area contributed by atoms with Crippen LogP contribution in [-0.2, 0) is 10.0 Å². The molecule has 0 aliphatic carbocycles. The average Bonchev–Trinajstić information content (AvgIpc) is 2.79. The van der Waals surface area contributed by atoms with E-state index in [9.17, 15) is 18.3 Å². The minimum Gasteiger partial charge on any atom is -0.497 e. The smallest absolute Gasteiger partial charge is 0.259 e. The predicted octanol–water partition coefficient (Wildman–Crippen LogP) is 1.87. The molecule has 1 aliphatic heterocycles. The first-order chi connectivity index (χ1) is 15.5. The summed E-state index contributed by atoms with van der Waals surface area (Å²) in [6.45, 7) is 3.87. The Hall–Kier alpha value is -2.69. The van der Waals surface area contributed by atoms with E-state index in [0.29, 0.717) is 12.3 Å². The number of ether oxygens (including phenoxy) is 2. The molecule has 1 N–H and O–H groups in total. The fourth-order valence-electron chi connectivity index (χ4n) is 3.65. The van der Waals surface area contributed by atoms with Gasteiger partial charge in [-0.05, 0) is 30.7 Å². The predicted molar refractivity (Wildman–Crippen MR) is 125 cm³/mol. The molecule has 2 heterocycles. The van der Waals surface area contributed by atoms with Crippen molar-refractivity contribution in [3.8, 4) is 22.8 Å². The van der Waals surface area contributed by atoms with Crippen LogP contribution in [0.3, 0.4) is 0 Å². The molecule has 0 radical (unpaired) electrons. The van der Waals surface area contributed by atoms with Crippen LogP contribution in [0.1, 0.15) is 24.2 Å². The van der Waals surface area contributed by atoms with E-state index in [4.69, 9.17) is 9.47 Å². The molecule has 0 bridgehead atoms. The van der Waals surface area contributed by atoms with Gasteiger partial charge < -0.3 is 19.5 Å². The second kappa shape index (κ2) is 10.1. The summed E-state index contributed by atoms with van der Waals surface area (Å²) in [5.41, 5.74) is 1.84. The van der Waals surface area contributed by atoms with Crippen molar-refractivity contribution in [2.24, 2.45) is 5.92 Å². The zero-order chi connectivity index (χ0) is 24.3. The summed E-state index contributed by atoms with van der Waals surface area (Å²) in [6, 6.07) is 8.68. The number of aliphatic hydroxyl groups excluding tert-OH is 1. The number of fused-ring (bicyclic) bond motifs is 1. The number of sulfonamides is 1. The highest BCUT2D eigenvalue weighted by Gasteiger charge is 2.35. The quantitative estimate of drug-likeness (QED) is 0.648. The van der Waals surface area contributed by atoms with Gasteiger partial charge in [0.05, 0.1) is 32.6 Å². The molecular weight excluding hydrogens is 446 g/mol. The molecule has 2 aromatic rings. The normalized spacial score (nSPS) is 20.0. The van der Waals surface area contributed by atoms with Crippen molar-refractivity contribution in [2.45, 2.75) is 26.0 Å². The number of aliphatic hydroxyl groups is 1. The monoisotopic (exact) mass is 477 g/mol. The highest BCUT2D eigenvalue weighted by Crippen LogP contribution is 2.31. The third-order valence-corrected chi connectivity index (χ3v) is 7.23. The largest absolute Gasteiger partial charge is 0.497 e. The maximum Gasteiger partial charge on any atom is 0.259 e. The van der Waals surface area contributed by atoms with Crippen LogP contribution < -0.4 is 9.47 Å². The van der Waals surface area contributed by atoms with E-state index in [-0.39, 0.29) is 36.4 Å². The summed E-state index contributed by atoms with van der Waals surface area (Å²) in [6.07, 6.45) is 2.22. The van der Waals surface area contributed by atoms with Crippen molar-refractivity contribution in [1.82, 2.24) is 14.2 Å². The van der Waals surface area contributed by atoms with Crippen LogP contribution in [0.2, 0.25) is 0 Å². The molecule has 1 aromatic heterocycles. The minimum absolute atomic E-state index is 0.108. The number of aromatic nitrogens is 1. The summed E-state index contributed by atoms with van der Waals surface area (Å²) in [5, 5.41) is 9.76. The van der Waals surface area contributed by atoms with Gasteiger partial charge in [0, 0.05) is 31.3 Å². The Balaban J connectivity index is 2.05. The Morgan fingerprint density at radius 2 is 1.97 bits per heavy atom. The zero-order valence-electron chi connectivity index (χ0n) is 19.6. The van der Waals surface area contributed by atoms with E-state index in [2.05, 4.69) is 4.98 Å². The van der Waals surface area contributed by atoms with Crippen molar-refractivity contribution < 1.29 is 27.8 Å². The molecule has 0 unspecified atom stereocenters.